The van der Waals surface area contributed by atoms with E-state index in [0.29, 0.717) is 28.6 Å². The summed E-state index contributed by atoms with van der Waals surface area (Å²) in [5, 5.41) is 0.0910. The molecule has 1 N–H and O–H groups in total. The van der Waals surface area contributed by atoms with Crippen LogP contribution in [0.15, 0.2) is 53.1 Å². The predicted molar refractivity (Wildman–Crippen MR) is 114 cm³/mol. The van der Waals surface area contributed by atoms with Gasteiger partial charge in [0.2, 0.25) is 0 Å². The average Bonchev–Trinajstić information content (AvgIpc) is 3.22. The van der Waals surface area contributed by atoms with Gasteiger partial charge in [-0.3, -0.25) is 14.4 Å². The van der Waals surface area contributed by atoms with Crippen molar-refractivity contribution >= 4 is 44.4 Å². The highest BCUT2D eigenvalue weighted by molar-refractivity contribution is 9.10. The van der Waals surface area contributed by atoms with Crippen LogP contribution in [0, 0.1) is 5.82 Å². The average molecular weight is 472 g/mol. The Kier molecular flexibility index (Phi) is 5.42. The molecule has 2 amide bonds. The van der Waals surface area contributed by atoms with E-state index in [1.807, 2.05) is 6.07 Å². The normalized spacial score (nSPS) is 16.7. The first-order chi connectivity index (χ1) is 14.4. The number of carbonyl (C=O) groups is 3. The minimum atomic E-state index is -0.770. The number of carbonyl (C=O) groups excluding carboxylic acids is 3. The van der Waals surface area contributed by atoms with E-state index >= 15 is 0 Å². The van der Waals surface area contributed by atoms with Crippen LogP contribution in [-0.2, 0) is 4.79 Å². The maximum atomic E-state index is 14.3. The molecular weight excluding hydrogens is 453 g/mol. The quantitative estimate of drug-likeness (QED) is 0.468. The Morgan fingerprint density at radius 3 is 2.53 bits per heavy atom. The summed E-state index contributed by atoms with van der Waals surface area (Å²) in [4.78, 5) is 44.5. The van der Waals surface area contributed by atoms with Gasteiger partial charge in [-0.1, -0.05) is 18.2 Å². The van der Waals surface area contributed by atoms with Crippen LogP contribution in [-0.4, -0.2) is 58.1 Å². The van der Waals surface area contributed by atoms with Gasteiger partial charge in [-0.05, 0) is 47.1 Å². The minimum absolute atomic E-state index is 0.00351. The second-order valence-electron chi connectivity index (χ2n) is 7.28. The number of nitrogens with one attached hydrogen (secondary N) is 1. The fourth-order valence-corrected chi connectivity index (χ4v) is 4.25. The number of aromatic amines is 1. The molecule has 0 saturated carbocycles. The fourth-order valence-electron chi connectivity index (χ4n) is 3.80. The summed E-state index contributed by atoms with van der Waals surface area (Å²) >= 11 is 3.31. The molecule has 1 fully saturated rings. The molecule has 2 heterocycles. The van der Waals surface area contributed by atoms with Crippen LogP contribution in [0.2, 0.25) is 0 Å². The van der Waals surface area contributed by atoms with Gasteiger partial charge in [0, 0.05) is 47.3 Å². The molecule has 0 bridgehead atoms. The Bertz CT molecular complexity index is 1150. The third-order valence-electron chi connectivity index (χ3n) is 5.37. The van der Waals surface area contributed by atoms with Gasteiger partial charge in [-0.25, -0.2) is 4.39 Å². The predicted octanol–water partition coefficient (Wildman–Crippen LogP) is 3.63. The highest BCUT2D eigenvalue weighted by Crippen LogP contribution is 2.29. The number of hydrogen-bond acceptors (Lipinski definition) is 3. The lowest BCUT2D eigenvalue weighted by Crippen LogP contribution is -2.56. The molecule has 0 aliphatic carbocycles. The van der Waals surface area contributed by atoms with E-state index in [2.05, 4.69) is 20.9 Å². The Labute approximate surface area is 180 Å². The monoisotopic (exact) mass is 471 g/mol. The molecule has 0 radical (unpaired) electrons. The number of fused-ring (bicyclic) bond motifs is 1. The summed E-state index contributed by atoms with van der Waals surface area (Å²) in [5.41, 5.74) is 1.02. The number of H-pyrrole nitrogens is 1. The van der Waals surface area contributed by atoms with E-state index < -0.39 is 17.5 Å². The summed E-state index contributed by atoms with van der Waals surface area (Å²) in [6.07, 6.45) is 1.36. The number of hydrogen-bond donors (Lipinski definition) is 1. The smallest absolute Gasteiger partial charge is 0.295 e. The van der Waals surface area contributed by atoms with Crippen molar-refractivity contribution in [2.24, 2.45) is 0 Å². The highest BCUT2D eigenvalue weighted by atomic mass is 79.9. The molecule has 30 heavy (non-hydrogen) atoms. The number of amides is 2. The molecule has 1 unspecified atom stereocenters. The molecule has 6 nitrogen and oxygen atoms in total. The lowest BCUT2D eigenvalue weighted by Gasteiger charge is -2.39. The van der Waals surface area contributed by atoms with Gasteiger partial charge in [0.25, 0.3) is 17.6 Å². The first kappa shape index (κ1) is 20.3. The zero-order chi connectivity index (χ0) is 21.4. The second kappa shape index (κ2) is 8.02. The molecule has 1 saturated heterocycles. The van der Waals surface area contributed by atoms with E-state index in [4.69, 9.17) is 0 Å². The number of Topliss-reactive ketones (excluding diaryl/α,β-unsaturated/α-hetero) is 1. The Balaban J connectivity index is 1.52. The number of halogens is 2. The van der Waals surface area contributed by atoms with Gasteiger partial charge in [0.15, 0.2) is 0 Å². The number of nitrogens with zero attached hydrogens (tertiary/aromatic N) is 2. The third-order valence-corrected chi connectivity index (χ3v) is 6.03. The van der Waals surface area contributed by atoms with E-state index in [0.717, 1.165) is 0 Å². The first-order valence-corrected chi connectivity index (χ1v) is 10.3. The molecule has 3 aromatic rings. The molecule has 8 heteroatoms. The fraction of sp³-hybridized carbons (Fsp3) is 0.227. The van der Waals surface area contributed by atoms with Gasteiger partial charge >= 0.3 is 0 Å². The molecule has 0 spiro atoms. The molecule has 2 aromatic carbocycles. The summed E-state index contributed by atoms with van der Waals surface area (Å²) in [6.45, 7) is 2.67. The summed E-state index contributed by atoms with van der Waals surface area (Å²) in [7, 11) is 0. The van der Waals surface area contributed by atoms with E-state index in [1.54, 1.807) is 36.1 Å². The number of ketones is 1. The van der Waals surface area contributed by atoms with E-state index in [9.17, 15) is 18.8 Å². The molecule has 1 aromatic heterocycles. The van der Waals surface area contributed by atoms with Crippen molar-refractivity contribution in [3.63, 3.8) is 0 Å². The summed E-state index contributed by atoms with van der Waals surface area (Å²) in [6, 6.07) is 11.4. The number of benzene rings is 2. The molecule has 1 aliphatic rings. The van der Waals surface area contributed by atoms with Crippen LogP contribution in [0.3, 0.4) is 0 Å². The van der Waals surface area contributed by atoms with Crippen LogP contribution < -0.4 is 0 Å². The van der Waals surface area contributed by atoms with E-state index in [1.165, 1.54) is 23.2 Å². The topological polar surface area (TPSA) is 73.5 Å². The zero-order valence-electron chi connectivity index (χ0n) is 16.2. The van der Waals surface area contributed by atoms with Gasteiger partial charge in [0.1, 0.15) is 5.82 Å². The van der Waals surface area contributed by atoms with Crippen molar-refractivity contribution in [1.29, 1.82) is 0 Å². The maximum absolute atomic E-state index is 14.3. The van der Waals surface area contributed by atoms with Gasteiger partial charge < -0.3 is 14.8 Å². The lowest BCUT2D eigenvalue weighted by atomic mass is 10.1. The first-order valence-electron chi connectivity index (χ1n) is 9.53. The van der Waals surface area contributed by atoms with Gasteiger partial charge in [-0.2, -0.15) is 0 Å². The minimum Gasteiger partial charge on any atom is -0.359 e. The number of aromatic nitrogens is 1. The van der Waals surface area contributed by atoms with E-state index in [-0.39, 0.29) is 29.4 Å². The third kappa shape index (κ3) is 3.52. The molecule has 154 valence electrons. The second-order valence-corrected chi connectivity index (χ2v) is 8.13. The molecule has 1 aliphatic heterocycles. The van der Waals surface area contributed by atoms with Crippen LogP contribution >= 0.6 is 15.9 Å². The Morgan fingerprint density at radius 1 is 1.10 bits per heavy atom. The number of piperazine rings is 1. The van der Waals surface area contributed by atoms with Crippen LogP contribution in [0.5, 0.6) is 0 Å². The lowest BCUT2D eigenvalue weighted by molar-refractivity contribution is -0.130. The SMILES string of the molecule is CC1CN(C(=O)c2ccccc2)CCN1C(=O)C(=O)c1c[nH]c2c(Br)ccc(F)c12. The zero-order valence-corrected chi connectivity index (χ0v) is 17.8. The van der Waals surface area contributed by atoms with Crippen molar-refractivity contribution < 1.29 is 18.8 Å². The van der Waals surface area contributed by atoms with Crippen LogP contribution in [0.25, 0.3) is 10.9 Å². The molecule has 4 rings (SSSR count). The van der Waals surface area contributed by atoms with Crippen molar-refractivity contribution in [1.82, 2.24) is 14.8 Å². The van der Waals surface area contributed by atoms with Crippen molar-refractivity contribution in [3.05, 3.63) is 70.1 Å². The number of rotatable bonds is 3. The van der Waals surface area contributed by atoms with Gasteiger partial charge in [0.05, 0.1) is 11.1 Å². The largest absolute Gasteiger partial charge is 0.359 e. The molecular formula is C22H19BrFN3O3. The van der Waals surface area contributed by atoms with Crippen LogP contribution in [0.1, 0.15) is 27.6 Å². The van der Waals surface area contributed by atoms with Crippen LogP contribution in [0.4, 0.5) is 4.39 Å². The van der Waals surface area contributed by atoms with Gasteiger partial charge in [-0.15, -0.1) is 0 Å². The maximum Gasteiger partial charge on any atom is 0.295 e. The van der Waals surface area contributed by atoms with Crippen molar-refractivity contribution in [3.8, 4) is 0 Å². The summed E-state index contributed by atoms with van der Waals surface area (Å²) < 4.78 is 14.9. The van der Waals surface area contributed by atoms with Crippen molar-refractivity contribution in [2.75, 3.05) is 19.6 Å². The standard InChI is InChI=1S/C22H19BrFN3O3/c1-13-12-26(21(29)14-5-3-2-4-6-14)9-10-27(13)22(30)20(28)15-11-25-19-16(23)7-8-17(24)18(15)19/h2-8,11,13,25H,9-10,12H2,1H3. The summed E-state index contributed by atoms with van der Waals surface area (Å²) in [5.74, 6) is -2.15. The Morgan fingerprint density at radius 2 is 1.83 bits per heavy atom. The Hall–Kier alpha value is -3.00. The molecule has 1 atom stereocenters. The highest BCUT2D eigenvalue weighted by Gasteiger charge is 2.34. The van der Waals surface area contributed by atoms with Crippen molar-refractivity contribution in [2.45, 2.75) is 13.0 Å².